The monoisotopic (exact) mass is 153 g/mol. The summed E-state index contributed by atoms with van der Waals surface area (Å²) in [5.41, 5.74) is 0. The van der Waals surface area contributed by atoms with Gasteiger partial charge < -0.3 is 14.9 Å². The summed E-state index contributed by atoms with van der Waals surface area (Å²) in [6.45, 7) is -0.124. The first kappa shape index (κ1) is 8.04. The molecule has 3 nitrogen and oxygen atoms in total. The molecule has 1 aromatic rings. The number of benzene rings is 1. The van der Waals surface area contributed by atoms with Crippen LogP contribution in [-0.2, 0) is 0 Å². The predicted molar refractivity (Wildman–Crippen MR) is 39.0 cm³/mol. The maximum Gasteiger partial charge on any atom is 0.186 e. The van der Waals surface area contributed by atoms with Crippen LogP contribution in [0.3, 0.4) is 0 Å². The Hall–Kier alpha value is -1.06. The van der Waals surface area contributed by atoms with E-state index in [9.17, 15) is 0 Å². The molecule has 2 N–H and O–H groups in total. The molecule has 59 valence electrons. The maximum absolute atomic E-state index is 8.43. The third-order valence-corrected chi connectivity index (χ3v) is 1.07. The van der Waals surface area contributed by atoms with Gasteiger partial charge in [0.1, 0.15) is 12.4 Å². The second kappa shape index (κ2) is 3.95. The van der Waals surface area contributed by atoms with E-state index in [4.69, 9.17) is 14.9 Å². The average molecular weight is 153 g/mol. The SMILES string of the molecule is OC(O)COc1[c]cccc1. The lowest BCUT2D eigenvalue weighted by Gasteiger charge is -2.05. The van der Waals surface area contributed by atoms with Gasteiger partial charge in [0.15, 0.2) is 6.29 Å². The molecule has 0 amide bonds. The van der Waals surface area contributed by atoms with E-state index in [1.807, 2.05) is 6.07 Å². The van der Waals surface area contributed by atoms with E-state index in [2.05, 4.69) is 6.07 Å². The zero-order valence-corrected chi connectivity index (χ0v) is 5.90. The van der Waals surface area contributed by atoms with Gasteiger partial charge in [-0.15, -0.1) is 0 Å². The normalized spacial score (nSPS) is 10.1. The first-order valence-electron chi connectivity index (χ1n) is 3.24. The molecule has 0 fully saturated rings. The first-order valence-corrected chi connectivity index (χ1v) is 3.24. The van der Waals surface area contributed by atoms with Crippen LogP contribution >= 0.6 is 0 Å². The molecule has 1 radical (unpaired) electrons. The molecular weight excluding hydrogens is 144 g/mol. The van der Waals surface area contributed by atoms with E-state index in [0.717, 1.165) is 0 Å². The Bertz CT molecular complexity index is 196. The molecule has 0 unspecified atom stereocenters. The highest BCUT2D eigenvalue weighted by molar-refractivity contribution is 5.19. The number of rotatable bonds is 3. The molecule has 0 spiro atoms. The Labute approximate surface area is 64.9 Å². The summed E-state index contributed by atoms with van der Waals surface area (Å²) in [5, 5.41) is 16.9. The molecule has 0 saturated carbocycles. The minimum absolute atomic E-state index is 0.124. The molecule has 0 aliphatic carbocycles. The van der Waals surface area contributed by atoms with E-state index >= 15 is 0 Å². The quantitative estimate of drug-likeness (QED) is 0.609. The van der Waals surface area contributed by atoms with Crippen molar-refractivity contribution >= 4 is 0 Å². The zero-order chi connectivity index (χ0) is 8.10. The van der Waals surface area contributed by atoms with E-state index in [1.165, 1.54) is 0 Å². The fourth-order valence-corrected chi connectivity index (χ4v) is 0.631. The summed E-state index contributed by atoms with van der Waals surface area (Å²) < 4.78 is 4.91. The van der Waals surface area contributed by atoms with Crippen molar-refractivity contribution in [2.24, 2.45) is 0 Å². The second-order valence-corrected chi connectivity index (χ2v) is 2.02. The molecule has 0 atom stereocenters. The van der Waals surface area contributed by atoms with Crippen LogP contribution in [0.4, 0.5) is 0 Å². The van der Waals surface area contributed by atoms with Crippen molar-refractivity contribution in [1.82, 2.24) is 0 Å². The third kappa shape index (κ3) is 3.02. The number of hydrogen-bond donors (Lipinski definition) is 2. The van der Waals surface area contributed by atoms with Gasteiger partial charge in [-0.3, -0.25) is 0 Å². The average Bonchev–Trinajstić information content (AvgIpc) is 2.03. The Morgan fingerprint density at radius 1 is 1.45 bits per heavy atom. The summed E-state index contributed by atoms with van der Waals surface area (Å²) in [7, 11) is 0. The van der Waals surface area contributed by atoms with Gasteiger partial charge in [0.2, 0.25) is 0 Å². The number of para-hydroxylation sites is 1. The highest BCUT2D eigenvalue weighted by Crippen LogP contribution is 2.06. The van der Waals surface area contributed by atoms with Crippen LogP contribution in [0.2, 0.25) is 0 Å². The summed E-state index contributed by atoms with van der Waals surface area (Å²) in [6.07, 6.45) is -1.43. The largest absolute Gasteiger partial charge is 0.488 e. The molecule has 3 heteroatoms. The molecule has 0 aromatic heterocycles. The van der Waals surface area contributed by atoms with Crippen LogP contribution in [0.1, 0.15) is 0 Å². The van der Waals surface area contributed by atoms with Crippen molar-refractivity contribution < 1.29 is 14.9 Å². The summed E-state index contributed by atoms with van der Waals surface area (Å²) in [6, 6.07) is 9.76. The van der Waals surface area contributed by atoms with Crippen molar-refractivity contribution in [3.63, 3.8) is 0 Å². The van der Waals surface area contributed by atoms with E-state index in [1.54, 1.807) is 18.2 Å². The van der Waals surface area contributed by atoms with Crippen molar-refractivity contribution in [1.29, 1.82) is 0 Å². The zero-order valence-electron chi connectivity index (χ0n) is 5.90. The standard InChI is InChI=1S/C8H9O3/c9-8(10)6-11-7-4-2-1-3-5-7/h1-4,8-10H,6H2. The Kier molecular flexibility index (Phi) is 2.89. The lowest BCUT2D eigenvalue weighted by atomic mass is 10.3. The summed E-state index contributed by atoms with van der Waals surface area (Å²) in [5.74, 6) is 0.514. The molecule has 0 aliphatic rings. The molecule has 1 rings (SSSR count). The number of aliphatic hydroxyl groups excluding tert-OH is 1. The molecule has 0 heterocycles. The number of aliphatic hydroxyl groups is 2. The topological polar surface area (TPSA) is 49.7 Å². The lowest BCUT2D eigenvalue weighted by molar-refractivity contribution is -0.0681. The van der Waals surface area contributed by atoms with Crippen LogP contribution in [0.5, 0.6) is 5.75 Å². The van der Waals surface area contributed by atoms with Gasteiger partial charge in [0.25, 0.3) is 0 Å². The predicted octanol–water partition coefficient (Wildman–Crippen LogP) is 0.176. The minimum Gasteiger partial charge on any atom is -0.488 e. The number of hydrogen-bond acceptors (Lipinski definition) is 3. The van der Waals surface area contributed by atoms with Gasteiger partial charge >= 0.3 is 0 Å². The Balaban J connectivity index is 2.39. The Morgan fingerprint density at radius 2 is 2.27 bits per heavy atom. The van der Waals surface area contributed by atoms with Crippen molar-refractivity contribution in [3.05, 3.63) is 30.3 Å². The van der Waals surface area contributed by atoms with Gasteiger partial charge in [-0.25, -0.2) is 0 Å². The summed E-state index contributed by atoms with van der Waals surface area (Å²) in [4.78, 5) is 0. The third-order valence-electron chi connectivity index (χ3n) is 1.07. The molecular formula is C8H9O3. The number of ether oxygens (including phenoxy) is 1. The second-order valence-electron chi connectivity index (χ2n) is 2.02. The van der Waals surface area contributed by atoms with Crippen LogP contribution in [0.15, 0.2) is 24.3 Å². The van der Waals surface area contributed by atoms with Crippen LogP contribution in [0.25, 0.3) is 0 Å². The summed E-state index contributed by atoms with van der Waals surface area (Å²) >= 11 is 0. The first-order chi connectivity index (χ1) is 5.29. The molecule has 0 saturated heterocycles. The highest BCUT2D eigenvalue weighted by Gasteiger charge is 1.97. The van der Waals surface area contributed by atoms with Crippen molar-refractivity contribution in [2.75, 3.05) is 6.61 Å². The van der Waals surface area contributed by atoms with Crippen LogP contribution in [0, 0.1) is 6.07 Å². The van der Waals surface area contributed by atoms with Crippen LogP contribution in [-0.4, -0.2) is 23.1 Å². The fraction of sp³-hybridized carbons (Fsp3) is 0.250. The van der Waals surface area contributed by atoms with E-state index in [-0.39, 0.29) is 6.61 Å². The van der Waals surface area contributed by atoms with E-state index in [0.29, 0.717) is 5.75 Å². The van der Waals surface area contributed by atoms with Gasteiger partial charge in [-0.1, -0.05) is 18.2 Å². The lowest BCUT2D eigenvalue weighted by Crippen LogP contribution is -2.15. The smallest absolute Gasteiger partial charge is 0.186 e. The highest BCUT2D eigenvalue weighted by atomic mass is 16.5. The van der Waals surface area contributed by atoms with Gasteiger partial charge in [-0.2, -0.15) is 0 Å². The molecule has 11 heavy (non-hydrogen) atoms. The molecule has 1 aromatic carbocycles. The van der Waals surface area contributed by atoms with Gasteiger partial charge in [0, 0.05) is 6.07 Å². The van der Waals surface area contributed by atoms with Gasteiger partial charge in [-0.05, 0) is 6.07 Å². The van der Waals surface area contributed by atoms with Gasteiger partial charge in [0.05, 0.1) is 0 Å². The fourth-order valence-electron chi connectivity index (χ4n) is 0.631. The maximum atomic E-state index is 8.43. The molecule has 0 aliphatic heterocycles. The van der Waals surface area contributed by atoms with Crippen LogP contribution < -0.4 is 4.74 Å². The molecule has 0 bridgehead atoms. The van der Waals surface area contributed by atoms with Crippen molar-refractivity contribution in [3.8, 4) is 5.75 Å². The Morgan fingerprint density at radius 3 is 2.82 bits per heavy atom. The minimum atomic E-state index is -1.43. The van der Waals surface area contributed by atoms with E-state index < -0.39 is 6.29 Å². The van der Waals surface area contributed by atoms with Crippen molar-refractivity contribution in [2.45, 2.75) is 6.29 Å².